The van der Waals surface area contributed by atoms with Gasteiger partial charge in [0, 0.05) is 24.2 Å². The number of rotatable bonds is 4. The van der Waals surface area contributed by atoms with E-state index in [4.69, 9.17) is 16.3 Å². The Morgan fingerprint density at radius 2 is 2.41 bits per heavy atom. The van der Waals surface area contributed by atoms with Crippen LogP contribution in [0.25, 0.3) is 0 Å². The molecule has 1 aliphatic heterocycles. The van der Waals surface area contributed by atoms with Crippen molar-refractivity contribution in [3.05, 3.63) is 33.3 Å². The average Bonchev–Trinajstić information content (AvgIpc) is 2.78. The van der Waals surface area contributed by atoms with Gasteiger partial charge in [0.2, 0.25) is 0 Å². The molecule has 6 heteroatoms. The van der Waals surface area contributed by atoms with Crippen LogP contribution in [0.4, 0.5) is 11.4 Å². The first-order chi connectivity index (χ1) is 8.16. The summed E-state index contributed by atoms with van der Waals surface area (Å²) in [7, 11) is 0. The van der Waals surface area contributed by atoms with E-state index in [0.29, 0.717) is 17.3 Å². The minimum atomic E-state index is -0.422. The van der Waals surface area contributed by atoms with Crippen molar-refractivity contribution in [2.24, 2.45) is 0 Å². The lowest BCUT2D eigenvalue weighted by Gasteiger charge is -2.12. The van der Waals surface area contributed by atoms with Crippen molar-refractivity contribution in [3.8, 4) is 0 Å². The fourth-order valence-electron chi connectivity index (χ4n) is 1.84. The molecule has 0 amide bonds. The third-order valence-corrected chi connectivity index (χ3v) is 2.93. The van der Waals surface area contributed by atoms with Gasteiger partial charge in [-0.3, -0.25) is 10.1 Å². The second kappa shape index (κ2) is 5.33. The molecule has 0 saturated carbocycles. The van der Waals surface area contributed by atoms with Crippen LogP contribution in [0.3, 0.4) is 0 Å². The van der Waals surface area contributed by atoms with Gasteiger partial charge in [-0.2, -0.15) is 0 Å². The molecular weight excluding hydrogens is 244 g/mol. The summed E-state index contributed by atoms with van der Waals surface area (Å²) in [5, 5.41) is 14.3. The van der Waals surface area contributed by atoms with Gasteiger partial charge in [0.1, 0.15) is 5.69 Å². The maximum absolute atomic E-state index is 10.8. The summed E-state index contributed by atoms with van der Waals surface area (Å²) in [6, 6.07) is 4.48. The zero-order valence-electron chi connectivity index (χ0n) is 9.19. The Morgan fingerprint density at radius 1 is 1.59 bits per heavy atom. The molecule has 1 aromatic rings. The summed E-state index contributed by atoms with van der Waals surface area (Å²) in [6.07, 6.45) is 2.17. The molecule has 0 spiro atoms. The Hall–Kier alpha value is -1.33. The lowest BCUT2D eigenvalue weighted by atomic mass is 10.2. The standard InChI is InChI=1S/C11H13ClN2O3/c12-8-3-4-11(14(15)16)10(6-8)13-7-9-2-1-5-17-9/h3-4,6,9,13H,1-2,5,7H2/t9-/m1/s1. The monoisotopic (exact) mass is 256 g/mol. The molecule has 1 heterocycles. The van der Waals surface area contributed by atoms with Crippen LogP contribution in [0.1, 0.15) is 12.8 Å². The van der Waals surface area contributed by atoms with E-state index >= 15 is 0 Å². The summed E-state index contributed by atoms with van der Waals surface area (Å²) in [4.78, 5) is 10.4. The van der Waals surface area contributed by atoms with Crippen molar-refractivity contribution in [2.75, 3.05) is 18.5 Å². The molecule has 0 unspecified atom stereocenters. The third-order valence-electron chi connectivity index (χ3n) is 2.70. The van der Waals surface area contributed by atoms with Crippen LogP contribution in [-0.4, -0.2) is 24.2 Å². The third kappa shape index (κ3) is 3.08. The Labute approximate surface area is 104 Å². The average molecular weight is 257 g/mol. The van der Waals surface area contributed by atoms with Gasteiger partial charge in [0.25, 0.3) is 5.69 Å². The molecular formula is C11H13ClN2O3. The number of ether oxygens (including phenoxy) is 1. The minimum absolute atomic E-state index is 0.0346. The predicted molar refractivity (Wildman–Crippen MR) is 65.6 cm³/mol. The minimum Gasteiger partial charge on any atom is -0.377 e. The number of nitrogens with one attached hydrogen (secondary N) is 1. The number of nitro groups is 1. The molecule has 1 N–H and O–H groups in total. The van der Waals surface area contributed by atoms with Gasteiger partial charge >= 0.3 is 0 Å². The molecule has 1 aliphatic rings. The van der Waals surface area contributed by atoms with Crippen molar-refractivity contribution in [1.29, 1.82) is 0 Å². The van der Waals surface area contributed by atoms with E-state index in [0.717, 1.165) is 19.4 Å². The summed E-state index contributed by atoms with van der Waals surface area (Å²) in [6.45, 7) is 1.34. The quantitative estimate of drug-likeness (QED) is 0.665. The number of hydrogen-bond acceptors (Lipinski definition) is 4. The molecule has 1 saturated heterocycles. The summed E-state index contributed by atoms with van der Waals surface area (Å²) >= 11 is 5.82. The lowest BCUT2D eigenvalue weighted by molar-refractivity contribution is -0.384. The normalized spacial score (nSPS) is 19.2. The lowest BCUT2D eigenvalue weighted by Crippen LogP contribution is -2.18. The molecule has 1 aromatic carbocycles. The molecule has 0 aromatic heterocycles. The SMILES string of the molecule is O=[N+]([O-])c1ccc(Cl)cc1NC[C@H]1CCCO1. The smallest absolute Gasteiger partial charge is 0.292 e. The fraction of sp³-hybridized carbons (Fsp3) is 0.455. The topological polar surface area (TPSA) is 64.4 Å². The van der Waals surface area contributed by atoms with Crippen LogP contribution in [-0.2, 0) is 4.74 Å². The van der Waals surface area contributed by atoms with E-state index in [2.05, 4.69) is 5.32 Å². The Bertz CT molecular complexity index is 419. The summed E-state index contributed by atoms with van der Waals surface area (Å²) < 4.78 is 5.44. The van der Waals surface area contributed by atoms with E-state index in [1.165, 1.54) is 12.1 Å². The zero-order chi connectivity index (χ0) is 12.3. The zero-order valence-corrected chi connectivity index (χ0v) is 9.94. The fourth-order valence-corrected chi connectivity index (χ4v) is 2.01. The van der Waals surface area contributed by atoms with Crippen molar-refractivity contribution in [1.82, 2.24) is 0 Å². The highest BCUT2D eigenvalue weighted by molar-refractivity contribution is 6.31. The van der Waals surface area contributed by atoms with E-state index in [1.807, 2.05) is 0 Å². The summed E-state index contributed by atoms with van der Waals surface area (Å²) in [5.41, 5.74) is 0.477. The largest absolute Gasteiger partial charge is 0.377 e. The summed E-state index contributed by atoms with van der Waals surface area (Å²) in [5.74, 6) is 0. The molecule has 5 nitrogen and oxygen atoms in total. The predicted octanol–water partition coefficient (Wildman–Crippen LogP) is 2.84. The van der Waals surface area contributed by atoms with Gasteiger partial charge < -0.3 is 10.1 Å². The molecule has 2 rings (SSSR count). The van der Waals surface area contributed by atoms with Gasteiger partial charge in [0.05, 0.1) is 11.0 Å². The van der Waals surface area contributed by atoms with Gasteiger partial charge in [-0.25, -0.2) is 0 Å². The first-order valence-electron chi connectivity index (χ1n) is 5.46. The molecule has 1 atom stereocenters. The highest BCUT2D eigenvalue weighted by Crippen LogP contribution is 2.28. The van der Waals surface area contributed by atoms with E-state index in [-0.39, 0.29) is 11.8 Å². The van der Waals surface area contributed by atoms with Gasteiger partial charge in [-0.1, -0.05) is 11.6 Å². The Morgan fingerprint density at radius 3 is 3.06 bits per heavy atom. The van der Waals surface area contributed by atoms with Crippen LogP contribution in [0, 0.1) is 10.1 Å². The van der Waals surface area contributed by atoms with Crippen LogP contribution < -0.4 is 5.32 Å². The van der Waals surface area contributed by atoms with Crippen molar-refractivity contribution in [2.45, 2.75) is 18.9 Å². The molecule has 92 valence electrons. The van der Waals surface area contributed by atoms with Gasteiger partial charge in [-0.05, 0) is 25.0 Å². The highest BCUT2D eigenvalue weighted by Gasteiger charge is 2.18. The number of benzene rings is 1. The van der Waals surface area contributed by atoms with Crippen LogP contribution in [0.15, 0.2) is 18.2 Å². The second-order valence-corrected chi connectivity index (χ2v) is 4.37. The van der Waals surface area contributed by atoms with E-state index in [1.54, 1.807) is 6.07 Å². The van der Waals surface area contributed by atoms with Crippen LogP contribution in [0.2, 0.25) is 5.02 Å². The van der Waals surface area contributed by atoms with E-state index in [9.17, 15) is 10.1 Å². The maximum Gasteiger partial charge on any atom is 0.292 e. The Balaban J connectivity index is 2.07. The highest BCUT2D eigenvalue weighted by atomic mass is 35.5. The van der Waals surface area contributed by atoms with Gasteiger partial charge in [-0.15, -0.1) is 0 Å². The first-order valence-corrected chi connectivity index (χ1v) is 5.84. The molecule has 1 fully saturated rings. The first kappa shape index (κ1) is 12.1. The number of hydrogen-bond donors (Lipinski definition) is 1. The van der Waals surface area contributed by atoms with Gasteiger partial charge in [0.15, 0.2) is 0 Å². The number of anilines is 1. The number of nitrogens with zero attached hydrogens (tertiary/aromatic N) is 1. The van der Waals surface area contributed by atoms with Crippen molar-refractivity contribution < 1.29 is 9.66 Å². The Kier molecular flexibility index (Phi) is 3.81. The second-order valence-electron chi connectivity index (χ2n) is 3.93. The molecule has 17 heavy (non-hydrogen) atoms. The molecule has 0 bridgehead atoms. The molecule has 0 radical (unpaired) electrons. The van der Waals surface area contributed by atoms with Crippen LogP contribution in [0.5, 0.6) is 0 Å². The van der Waals surface area contributed by atoms with Crippen molar-refractivity contribution in [3.63, 3.8) is 0 Å². The van der Waals surface area contributed by atoms with Crippen molar-refractivity contribution >= 4 is 23.0 Å². The molecule has 0 aliphatic carbocycles. The number of nitro benzene ring substituents is 1. The number of halogens is 1. The maximum atomic E-state index is 10.8. The van der Waals surface area contributed by atoms with Crippen LogP contribution >= 0.6 is 11.6 Å². The van der Waals surface area contributed by atoms with E-state index < -0.39 is 4.92 Å².